The first kappa shape index (κ1) is 18.0. The third kappa shape index (κ3) is 4.23. The van der Waals surface area contributed by atoms with Crippen molar-refractivity contribution in [2.24, 2.45) is 0 Å². The number of halogens is 1. The lowest BCUT2D eigenvalue weighted by Crippen LogP contribution is -2.29. The Bertz CT molecular complexity index is 979. The molecule has 3 rings (SSSR count). The first-order valence-electron chi connectivity index (χ1n) is 8.27. The molecule has 0 fully saturated rings. The topological polar surface area (TPSA) is 62.7 Å². The predicted molar refractivity (Wildman–Crippen MR) is 101 cm³/mol. The number of nitrogens with zero attached hydrogens (tertiary/aromatic N) is 2. The zero-order valence-electron chi connectivity index (χ0n) is 14.3. The van der Waals surface area contributed by atoms with Gasteiger partial charge in [-0.1, -0.05) is 42.0 Å². The Morgan fingerprint density at radius 1 is 1.27 bits per heavy atom. The third-order valence-corrected chi connectivity index (χ3v) is 4.32. The van der Waals surface area contributed by atoms with E-state index < -0.39 is 0 Å². The molecule has 7 heteroatoms. The van der Waals surface area contributed by atoms with Gasteiger partial charge >= 0.3 is 0 Å². The van der Waals surface area contributed by atoms with Crippen molar-refractivity contribution in [2.75, 3.05) is 6.54 Å². The van der Waals surface area contributed by atoms with Gasteiger partial charge in [-0.05, 0) is 43.3 Å². The van der Waals surface area contributed by atoms with E-state index in [1.165, 1.54) is 6.07 Å². The van der Waals surface area contributed by atoms with E-state index in [2.05, 4.69) is 15.5 Å². The summed E-state index contributed by atoms with van der Waals surface area (Å²) in [6.45, 7) is 2.39. The van der Waals surface area contributed by atoms with Gasteiger partial charge in [0.05, 0.1) is 0 Å². The van der Waals surface area contributed by atoms with E-state index in [0.717, 1.165) is 11.1 Å². The van der Waals surface area contributed by atoms with Gasteiger partial charge in [0.2, 0.25) is 5.91 Å². The van der Waals surface area contributed by atoms with Crippen LogP contribution in [0.5, 0.6) is 0 Å². The second-order valence-corrected chi connectivity index (χ2v) is 6.39. The smallest absolute Gasteiger partial charge is 0.240 e. The van der Waals surface area contributed by atoms with Crippen molar-refractivity contribution >= 4 is 18.1 Å². The highest BCUT2D eigenvalue weighted by molar-refractivity contribution is 7.71. The molecule has 2 N–H and O–H groups in total. The highest BCUT2D eigenvalue weighted by atomic mass is 32.1. The minimum atomic E-state index is -0.263. The van der Waals surface area contributed by atoms with Crippen LogP contribution in [0.15, 0.2) is 48.5 Å². The van der Waals surface area contributed by atoms with E-state index in [0.29, 0.717) is 29.1 Å². The van der Waals surface area contributed by atoms with Crippen LogP contribution in [0.2, 0.25) is 0 Å². The standard InChI is InChI=1S/C19H19FN4OS/c1-13-5-4-7-15(11-13)18-22-23-19(26)24(18)12-17(25)21-10-9-14-6-2-3-8-16(14)20/h2-8,11H,9-10,12H2,1H3,(H,21,25)(H,23,26). The summed E-state index contributed by atoms with van der Waals surface area (Å²) in [5.74, 6) is 0.149. The third-order valence-electron chi connectivity index (χ3n) is 4.01. The van der Waals surface area contributed by atoms with Gasteiger partial charge in [-0.15, -0.1) is 0 Å². The molecule has 0 aliphatic rings. The highest BCUT2D eigenvalue weighted by Crippen LogP contribution is 2.18. The maximum absolute atomic E-state index is 13.6. The van der Waals surface area contributed by atoms with Gasteiger partial charge in [0.15, 0.2) is 10.6 Å². The van der Waals surface area contributed by atoms with Crippen LogP contribution in [0.25, 0.3) is 11.4 Å². The molecule has 0 radical (unpaired) electrons. The summed E-state index contributed by atoms with van der Waals surface area (Å²) in [6, 6.07) is 14.4. The Kier molecular flexibility index (Phi) is 5.58. The van der Waals surface area contributed by atoms with Crippen LogP contribution in [0.1, 0.15) is 11.1 Å². The first-order chi connectivity index (χ1) is 12.5. The molecule has 5 nitrogen and oxygen atoms in total. The minimum Gasteiger partial charge on any atom is -0.354 e. The molecule has 0 saturated carbocycles. The number of aromatic amines is 1. The van der Waals surface area contributed by atoms with E-state index in [1.807, 2.05) is 31.2 Å². The van der Waals surface area contributed by atoms with Crippen molar-refractivity contribution in [3.8, 4) is 11.4 Å². The predicted octanol–water partition coefficient (Wildman–Crippen LogP) is 3.41. The largest absolute Gasteiger partial charge is 0.354 e. The SMILES string of the molecule is Cc1cccc(-c2n[nH]c(=S)n2CC(=O)NCCc2ccccc2F)c1. The molecular formula is C19H19FN4OS. The second kappa shape index (κ2) is 8.05. The lowest BCUT2D eigenvalue weighted by atomic mass is 10.1. The van der Waals surface area contributed by atoms with Crippen molar-refractivity contribution < 1.29 is 9.18 Å². The second-order valence-electron chi connectivity index (χ2n) is 6.00. The maximum Gasteiger partial charge on any atom is 0.240 e. The van der Waals surface area contributed by atoms with E-state index in [-0.39, 0.29) is 18.3 Å². The van der Waals surface area contributed by atoms with E-state index in [9.17, 15) is 9.18 Å². The van der Waals surface area contributed by atoms with Gasteiger partial charge in [0.25, 0.3) is 0 Å². The monoisotopic (exact) mass is 370 g/mol. The van der Waals surface area contributed by atoms with Crippen LogP contribution >= 0.6 is 12.2 Å². The number of aryl methyl sites for hydroxylation is 1. The number of carbonyl (C=O) groups excluding carboxylic acids is 1. The molecule has 1 heterocycles. The van der Waals surface area contributed by atoms with Gasteiger partial charge in [0.1, 0.15) is 12.4 Å². The van der Waals surface area contributed by atoms with Gasteiger partial charge in [0, 0.05) is 12.1 Å². The lowest BCUT2D eigenvalue weighted by molar-refractivity contribution is -0.121. The molecule has 0 atom stereocenters. The zero-order valence-corrected chi connectivity index (χ0v) is 15.1. The number of benzene rings is 2. The molecule has 0 bridgehead atoms. The van der Waals surface area contributed by atoms with Gasteiger partial charge < -0.3 is 5.32 Å². The molecule has 3 aromatic rings. The Hall–Kier alpha value is -2.80. The van der Waals surface area contributed by atoms with E-state index in [1.54, 1.807) is 22.8 Å². The lowest BCUT2D eigenvalue weighted by Gasteiger charge is -2.09. The van der Waals surface area contributed by atoms with Crippen LogP contribution in [0.4, 0.5) is 4.39 Å². The molecule has 0 saturated heterocycles. The number of carbonyl (C=O) groups is 1. The molecular weight excluding hydrogens is 351 g/mol. The molecule has 2 aromatic carbocycles. The molecule has 0 aliphatic carbocycles. The summed E-state index contributed by atoms with van der Waals surface area (Å²) >= 11 is 5.25. The number of nitrogens with one attached hydrogen (secondary N) is 2. The minimum absolute atomic E-state index is 0.0515. The van der Waals surface area contributed by atoms with Crippen molar-refractivity contribution in [1.82, 2.24) is 20.1 Å². The summed E-state index contributed by atoms with van der Waals surface area (Å²) in [4.78, 5) is 12.3. The molecule has 0 unspecified atom stereocenters. The van der Waals surface area contributed by atoms with Crippen LogP contribution in [-0.2, 0) is 17.8 Å². The molecule has 0 aliphatic heterocycles. The fourth-order valence-corrected chi connectivity index (χ4v) is 2.90. The maximum atomic E-state index is 13.6. The van der Waals surface area contributed by atoms with Crippen molar-refractivity contribution in [2.45, 2.75) is 19.9 Å². The van der Waals surface area contributed by atoms with Crippen LogP contribution in [-0.4, -0.2) is 27.2 Å². The summed E-state index contributed by atoms with van der Waals surface area (Å²) in [7, 11) is 0. The fourth-order valence-electron chi connectivity index (χ4n) is 2.71. The average Bonchev–Trinajstić information content (AvgIpc) is 2.97. The quantitative estimate of drug-likeness (QED) is 0.654. The number of hydrogen-bond acceptors (Lipinski definition) is 3. The highest BCUT2D eigenvalue weighted by Gasteiger charge is 2.12. The summed E-state index contributed by atoms with van der Waals surface area (Å²) in [5, 5.41) is 9.77. The average molecular weight is 370 g/mol. The summed E-state index contributed by atoms with van der Waals surface area (Å²) < 4.78 is 15.6. The number of amides is 1. The molecule has 1 aromatic heterocycles. The van der Waals surface area contributed by atoms with Gasteiger partial charge in [-0.25, -0.2) is 4.39 Å². The van der Waals surface area contributed by atoms with Crippen LogP contribution in [0.3, 0.4) is 0 Å². The van der Waals surface area contributed by atoms with Crippen molar-refractivity contribution in [1.29, 1.82) is 0 Å². The number of rotatable bonds is 6. The summed E-state index contributed by atoms with van der Waals surface area (Å²) in [6.07, 6.45) is 0.430. The van der Waals surface area contributed by atoms with E-state index >= 15 is 0 Å². The first-order valence-corrected chi connectivity index (χ1v) is 8.68. The zero-order chi connectivity index (χ0) is 18.5. The Morgan fingerprint density at radius 2 is 2.08 bits per heavy atom. The van der Waals surface area contributed by atoms with E-state index in [4.69, 9.17) is 12.2 Å². The number of aromatic nitrogens is 3. The Labute approximate surface area is 155 Å². The van der Waals surface area contributed by atoms with Crippen LogP contribution in [0, 0.1) is 17.5 Å². The summed E-state index contributed by atoms with van der Waals surface area (Å²) in [5.41, 5.74) is 2.56. The molecule has 26 heavy (non-hydrogen) atoms. The van der Waals surface area contributed by atoms with Gasteiger partial charge in [-0.2, -0.15) is 5.10 Å². The number of hydrogen-bond donors (Lipinski definition) is 2. The molecule has 0 spiro atoms. The molecule has 134 valence electrons. The van der Waals surface area contributed by atoms with Crippen LogP contribution < -0.4 is 5.32 Å². The number of H-pyrrole nitrogens is 1. The fraction of sp³-hybridized carbons (Fsp3) is 0.211. The van der Waals surface area contributed by atoms with Gasteiger partial charge in [-0.3, -0.25) is 14.5 Å². The Balaban J connectivity index is 1.66. The Morgan fingerprint density at radius 3 is 2.85 bits per heavy atom. The molecule has 1 amide bonds. The van der Waals surface area contributed by atoms with Crippen molar-refractivity contribution in [3.63, 3.8) is 0 Å². The van der Waals surface area contributed by atoms with Crippen molar-refractivity contribution in [3.05, 3.63) is 70.2 Å². The normalized spacial score (nSPS) is 10.7.